The molecule has 1 unspecified atom stereocenters. The highest BCUT2D eigenvalue weighted by Crippen LogP contribution is 2.29. The van der Waals surface area contributed by atoms with Crippen LogP contribution in [0.2, 0.25) is 0 Å². The van der Waals surface area contributed by atoms with Crippen LogP contribution in [0.15, 0.2) is 24.4 Å². The lowest BCUT2D eigenvalue weighted by Crippen LogP contribution is -2.31. The maximum atomic E-state index is 6.08. The number of aromatic nitrogens is 2. The molecule has 0 saturated heterocycles. The molecule has 21 heavy (non-hydrogen) atoms. The van der Waals surface area contributed by atoms with Crippen molar-refractivity contribution in [3.8, 4) is 0 Å². The van der Waals surface area contributed by atoms with E-state index in [-0.39, 0.29) is 6.04 Å². The summed E-state index contributed by atoms with van der Waals surface area (Å²) in [5.74, 6) is 0. The number of benzene rings is 1. The van der Waals surface area contributed by atoms with Crippen LogP contribution in [0.3, 0.4) is 0 Å². The highest BCUT2D eigenvalue weighted by molar-refractivity contribution is 5.55. The summed E-state index contributed by atoms with van der Waals surface area (Å²) in [4.78, 5) is 2.27. The predicted octanol–water partition coefficient (Wildman–Crippen LogP) is 2.74. The molecule has 1 aromatic carbocycles. The van der Waals surface area contributed by atoms with Gasteiger partial charge < -0.3 is 10.6 Å². The van der Waals surface area contributed by atoms with Gasteiger partial charge in [0.2, 0.25) is 0 Å². The monoisotopic (exact) mass is 286 g/mol. The Hall–Kier alpha value is -1.81. The molecule has 2 rings (SSSR count). The van der Waals surface area contributed by atoms with E-state index in [9.17, 15) is 0 Å². The average Bonchev–Trinajstić information content (AvgIpc) is 2.80. The number of rotatable bonds is 5. The van der Waals surface area contributed by atoms with Gasteiger partial charge in [-0.2, -0.15) is 5.10 Å². The minimum Gasteiger partial charge on any atom is -0.366 e. The second kappa shape index (κ2) is 6.31. The molecule has 2 aromatic rings. The first-order valence-electron chi connectivity index (χ1n) is 7.50. The van der Waals surface area contributed by atoms with Crippen molar-refractivity contribution < 1.29 is 0 Å². The molecule has 1 aromatic heterocycles. The molecule has 4 heteroatoms. The standard InChI is InChI=1S/C17H26N4/c1-6-15-14(11-20(4)19-15)17(10-18)21(5)16-8-7-12(2)9-13(16)3/h7-9,11,17H,6,10,18H2,1-5H3. The van der Waals surface area contributed by atoms with Crippen molar-refractivity contribution >= 4 is 5.69 Å². The quantitative estimate of drug-likeness (QED) is 0.919. The van der Waals surface area contributed by atoms with Crippen molar-refractivity contribution in [1.29, 1.82) is 0 Å². The number of hydrogen-bond donors (Lipinski definition) is 1. The fourth-order valence-electron chi connectivity index (χ4n) is 2.97. The van der Waals surface area contributed by atoms with Crippen LogP contribution in [-0.4, -0.2) is 23.4 Å². The molecular formula is C17H26N4. The van der Waals surface area contributed by atoms with Crippen LogP contribution in [0.5, 0.6) is 0 Å². The van der Waals surface area contributed by atoms with E-state index in [1.165, 1.54) is 22.4 Å². The van der Waals surface area contributed by atoms with Crippen LogP contribution in [0.25, 0.3) is 0 Å². The zero-order valence-electron chi connectivity index (χ0n) is 13.7. The van der Waals surface area contributed by atoms with E-state index in [1.807, 2.05) is 11.7 Å². The van der Waals surface area contributed by atoms with Crippen LogP contribution in [-0.2, 0) is 13.5 Å². The third-order valence-corrected chi connectivity index (χ3v) is 4.05. The minimum atomic E-state index is 0.148. The van der Waals surface area contributed by atoms with Crippen LogP contribution < -0.4 is 10.6 Å². The first-order chi connectivity index (χ1) is 9.97. The molecule has 1 atom stereocenters. The largest absolute Gasteiger partial charge is 0.366 e. The van der Waals surface area contributed by atoms with Crippen molar-refractivity contribution in [1.82, 2.24) is 9.78 Å². The van der Waals surface area contributed by atoms with Crippen LogP contribution in [0.1, 0.15) is 35.3 Å². The van der Waals surface area contributed by atoms with E-state index < -0.39 is 0 Å². The fourth-order valence-corrected chi connectivity index (χ4v) is 2.97. The van der Waals surface area contributed by atoms with Crippen molar-refractivity contribution in [2.24, 2.45) is 12.8 Å². The maximum Gasteiger partial charge on any atom is 0.0695 e. The molecule has 114 valence electrons. The summed E-state index contributed by atoms with van der Waals surface area (Å²) in [6, 6.07) is 6.68. The normalized spacial score (nSPS) is 12.5. The van der Waals surface area contributed by atoms with Gasteiger partial charge in [0.25, 0.3) is 0 Å². The SMILES string of the molecule is CCc1nn(C)cc1C(CN)N(C)c1ccc(C)cc1C. The number of anilines is 1. The number of nitrogens with two attached hydrogens (primary N) is 1. The smallest absolute Gasteiger partial charge is 0.0695 e. The van der Waals surface area contributed by atoms with Gasteiger partial charge in [0, 0.05) is 38.1 Å². The van der Waals surface area contributed by atoms with Crippen molar-refractivity contribution in [3.05, 3.63) is 46.8 Å². The highest BCUT2D eigenvalue weighted by atomic mass is 15.3. The second-order valence-electron chi connectivity index (χ2n) is 5.71. The fraction of sp³-hybridized carbons (Fsp3) is 0.471. The Bertz CT molecular complexity index is 615. The van der Waals surface area contributed by atoms with Gasteiger partial charge in [-0.15, -0.1) is 0 Å². The van der Waals surface area contributed by atoms with Gasteiger partial charge in [-0.1, -0.05) is 24.6 Å². The topological polar surface area (TPSA) is 47.1 Å². The van der Waals surface area contributed by atoms with Crippen LogP contribution in [0.4, 0.5) is 5.69 Å². The number of hydrogen-bond acceptors (Lipinski definition) is 3. The number of nitrogens with zero attached hydrogens (tertiary/aromatic N) is 3. The molecule has 0 spiro atoms. The first kappa shape index (κ1) is 15.6. The van der Waals surface area contributed by atoms with Crippen LogP contribution in [0, 0.1) is 13.8 Å². The van der Waals surface area contributed by atoms with E-state index >= 15 is 0 Å². The highest BCUT2D eigenvalue weighted by Gasteiger charge is 2.22. The van der Waals surface area contributed by atoms with E-state index in [0.29, 0.717) is 6.54 Å². The Morgan fingerprint density at radius 3 is 2.62 bits per heavy atom. The third kappa shape index (κ3) is 3.10. The van der Waals surface area contributed by atoms with Gasteiger partial charge in [0.05, 0.1) is 11.7 Å². The van der Waals surface area contributed by atoms with Gasteiger partial charge in [0.1, 0.15) is 0 Å². The summed E-state index contributed by atoms with van der Waals surface area (Å²) < 4.78 is 1.88. The van der Waals surface area contributed by atoms with Gasteiger partial charge >= 0.3 is 0 Å². The molecular weight excluding hydrogens is 260 g/mol. The lowest BCUT2D eigenvalue weighted by molar-refractivity contribution is 0.671. The molecule has 0 aliphatic carbocycles. The van der Waals surface area contributed by atoms with E-state index in [0.717, 1.165) is 12.1 Å². The summed E-state index contributed by atoms with van der Waals surface area (Å²) in [7, 11) is 4.08. The summed E-state index contributed by atoms with van der Waals surface area (Å²) in [5, 5.41) is 4.55. The number of aryl methyl sites for hydroxylation is 4. The van der Waals surface area contributed by atoms with Crippen molar-refractivity contribution in [3.63, 3.8) is 0 Å². The molecule has 0 fully saturated rings. The molecule has 4 nitrogen and oxygen atoms in total. The molecule has 0 radical (unpaired) electrons. The van der Waals surface area contributed by atoms with Gasteiger partial charge in [-0.3, -0.25) is 4.68 Å². The van der Waals surface area contributed by atoms with E-state index in [2.05, 4.69) is 62.2 Å². The summed E-state index contributed by atoms with van der Waals surface area (Å²) in [6.45, 7) is 6.98. The third-order valence-electron chi connectivity index (χ3n) is 4.05. The summed E-state index contributed by atoms with van der Waals surface area (Å²) in [6.07, 6.45) is 3.02. The Kier molecular flexibility index (Phi) is 4.68. The molecule has 0 aliphatic heterocycles. The zero-order chi connectivity index (χ0) is 15.6. The van der Waals surface area contributed by atoms with Gasteiger partial charge in [0.15, 0.2) is 0 Å². The second-order valence-corrected chi connectivity index (χ2v) is 5.71. The lowest BCUT2D eigenvalue weighted by atomic mass is 10.0. The summed E-state index contributed by atoms with van der Waals surface area (Å²) >= 11 is 0. The lowest BCUT2D eigenvalue weighted by Gasteiger charge is -2.30. The molecule has 0 aliphatic rings. The molecule has 1 heterocycles. The van der Waals surface area contributed by atoms with Crippen molar-refractivity contribution in [2.45, 2.75) is 33.2 Å². The molecule has 2 N–H and O–H groups in total. The first-order valence-corrected chi connectivity index (χ1v) is 7.50. The van der Waals surface area contributed by atoms with Crippen molar-refractivity contribution in [2.75, 3.05) is 18.5 Å². The average molecular weight is 286 g/mol. The molecule has 0 amide bonds. The predicted molar refractivity (Wildman–Crippen MR) is 88.7 cm³/mol. The zero-order valence-corrected chi connectivity index (χ0v) is 13.7. The van der Waals surface area contributed by atoms with Crippen LogP contribution >= 0.6 is 0 Å². The van der Waals surface area contributed by atoms with E-state index in [4.69, 9.17) is 5.73 Å². The molecule has 0 bridgehead atoms. The minimum absolute atomic E-state index is 0.148. The van der Waals surface area contributed by atoms with E-state index in [1.54, 1.807) is 0 Å². The van der Waals surface area contributed by atoms with Gasteiger partial charge in [-0.25, -0.2) is 0 Å². The number of likely N-dealkylation sites (N-methyl/N-ethyl adjacent to an activating group) is 1. The Morgan fingerprint density at radius 1 is 1.33 bits per heavy atom. The Balaban J connectivity index is 2.40. The summed E-state index contributed by atoms with van der Waals surface area (Å²) in [5.41, 5.74) is 12.2. The Labute approximate surface area is 127 Å². The maximum absolute atomic E-state index is 6.08. The Morgan fingerprint density at radius 2 is 2.05 bits per heavy atom. The molecule has 0 saturated carbocycles. The van der Waals surface area contributed by atoms with Gasteiger partial charge in [-0.05, 0) is 31.9 Å².